The van der Waals surface area contributed by atoms with Crippen LogP contribution in [0, 0.1) is 5.41 Å². The Balaban J connectivity index is 3.46. The number of carbonyl (C=O) groups is 2. The fourth-order valence-electron chi connectivity index (χ4n) is 3.06. The number of nitrogens with one attached hydrogen (secondary N) is 2. The first kappa shape index (κ1) is 26.4. The summed E-state index contributed by atoms with van der Waals surface area (Å²) in [6, 6.07) is 0. The Morgan fingerprint density at radius 3 is 1.89 bits per heavy atom. The van der Waals surface area contributed by atoms with E-state index in [-0.39, 0.29) is 24.2 Å². The highest BCUT2D eigenvalue weighted by Gasteiger charge is 2.09. The lowest BCUT2D eigenvalue weighted by molar-refractivity contribution is -0.120. The molecule has 0 fully saturated rings. The van der Waals surface area contributed by atoms with Crippen molar-refractivity contribution >= 4 is 17.6 Å². The van der Waals surface area contributed by atoms with Gasteiger partial charge in [-0.2, -0.15) is 0 Å². The van der Waals surface area contributed by atoms with Crippen LogP contribution in [0.15, 0.2) is 12.2 Å². The van der Waals surface area contributed by atoms with Crippen LogP contribution in [-0.4, -0.2) is 36.1 Å². The van der Waals surface area contributed by atoms with Crippen LogP contribution < -0.4 is 5.32 Å². The maximum absolute atomic E-state index is 11.8. The van der Waals surface area contributed by atoms with E-state index in [9.17, 15) is 9.59 Å². The fraction of sp³-hybridized carbons (Fsp3) is 0.783. The Morgan fingerprint density at radius 1 is 0.857 bits per heavy atom. The topological polar surface area (TPSA) is 73.3 Å². The quantitative estimate of drug-likeness (QED) is 0.146. The predicted molar refractivity (Wildman–Crippen MR) is 119 cm³/mol. The standard InChI is InChI=1S/C23H43N3O2/c1-4-5-6-7-8-9-10-11-12-13-14-15-16-17-18-19-22(28)25-23(24)26(3)20-21(2)27/h14-15H,4-13,16-20H2,1-3H3,(H2,24,25,28)/b15-14-. The summed E-state index contributed by atoms with van der Waals surface area (Å²) < 4.78 is 0. The molecule has 0 saturated carbocycles. The number of carbonyl (C=O) groups excluding carboxylic acids is 2. The Hall–Kier alpha value is -1.65. The van der Waals surface area contributed by atoms with Gasteiger partial charge in [-0.15, -0.1) is 0 Å². The Labute approximate surface area is 172 Å². The maximum atomic E-state index is 11.8. The minimum absolute atomic E-state index is 0.0129. The second-order valence-electron chi connectivity index (χ2n) is 7.79. The molecule has 0 aromatic rings. The van der Waals surface area contributed by atoms with E-state index in [1.807, 2.05) is 0 Å². The lowest BCUT2D eigenvalue weighted by Gasteiger charge is -2.18. The zero-order valence-electron chi connectivity index (χ0n) is 18.5. The molecule has 0 aliphatic rings. The van der Waals surface area contributed by atoms with Gasteiger partial charge in [0.1, 0.15) is 5.78 Å². The summed E-state index contributed by atoms with van der Waals surface area (Å²) in [5.74, 6) is -0.198. The first-order valence-corrected chi connectivity index (χ1v) is 11.2. The van der Waals surface area contributed by atoms with Gasteiger partial charge in [-0.05, 0) is 39.0 Å². The number of hydrogen-bond acceptors (Lipinski definition) is 3. The number of guanidine groups is 1. The third-order valence-electron chi connectivity index (χ3n) is 4.77. The summed E-state index contributed by atoms with van der Waals surface area (Å²) in [6.07, 6.45) is 21.2. The summed E-state index contributed by atoms with van der Waals surface area (Å²) in [4.78, 5) is 24.3. The summed E-state index contributed by atoms with van der Waals surface area (Å²) in [5.41, 5.74) is 0. The van der Waals surface area contributed by atoms with Gasteiger partial charge in [0.2, 0.25) is 5.91 Å². The van der Waals surface area contributed by atoms with E-state index < -0.39 is 0 Å². The van der Waals surface area contributed by atoms with Crippen molar-refractivity contribution in [2.24, 2.45) is 0 Å². The molecule has 0 radical (unpaired) electrons. The molecule has 5 nitrogen and oxygen atoms in total. The average Bonchev–Trinajstić information content (AvgIpc) is 2.64. The van der Waals surface area contributed by atoms with E-state index >= 15 is 0 Å². The van der Waals surface area contributed by atoms with Crippen molar-refractivity contribution in [2.45, 2.75) is 104 Å². The van der Waals surface area contributed by atoms with Crippen LogP contribution in [-0.2, 0) is 9.59 Å². The Morgan fingerprint density at radius 2 is 1.36 bits per heavy atom. The molecule has 162 valence electrons. The fourth-order valence-corrected chi connectivity index (χ4v) is 3.06. The van der Waals surface area contributed by atoms with Gasteiger partial charge in [0, 0.05) is 13.5 Å². The number of hydrogen-bond donors (Lipinski definition) is 2. The van der Waals surface area contributed by atoms with Crippen molar-refractivity contribution in [3.63, 3.8) is 0 Å². The minimum atomic E-state index is -0.154. The van der Waals surface area contributed by atoms with Gasteiger partial charge in [0.25, 0.3) is 0 Å². The number of ketones is 1. The third-order valence-corrected chi connectivity index (χ3v) is 4.77. The molecule has 0 aliphatic carbocycles. The second kappa shape index (κ2) is 18.7. The number of likely N-dealkylation sites (N-methyl/N-ethyl adjacent to an activating group) is 1. The molecule has 0 atom stereocenters. The highest BCUT2D eigenvalue weighted by Crippen LogP contribution is 2.11. The molecule has 0 aliphatic heterocycles. The first-order chi connectivity index (χ1) is 13.5. The van der Waals surface area contributed by atoms with E-state index in [2.05, 4.69) is 24.4 Å². The smallest absolute Gasteiger partial charge is 0.226 e. The van der Waals surface area contributed by atoms with Gasteiger partial charge in [-0.3, -0.25) is 20.3 Å². The molecule has 0 aromatic heterocycles. The van der Waals surface area contributed by atoms with E-state index in [1.54, 1.807) is 7.05 Å². The van der Waals surface area contributed by atoms with Gasteiger partial charge >= 0.3 is 0 Å². The molecule has 0 unspecified atom stereocenters. The monoisotopic (exact) mass is 393 g/mol. The van der Waals surface area contributed by atoms with E-state index in [0.717, 1.165) is 25.7 Å². The van der Waals surface area contributed by atoms with Crippen molar-refractivity contribution in [3.8, 4) is 0 Å². The van der Waals surface area contributed by atoms with Crippen LogP contribution in [0.5, 0.6) is 0 Å². The number of Topliss-reactive ketones (excluding diaryl/α,β-unsaturated/α-hetero) is 1. The summed E-state index contributed by atoms with van der Waals surface area (Å²) in [6.45, 7) is 3.87. The number of rotatable bonds is 17. The summed E-state index contributed by atoms with van der Waals surface area (Å²) in [5, 5.41) is 10.3. The molecule has 0 bridgehead atoms. The van der Waals surface area contributed by atoms with Crippen molar-refractivity contribution in [3.05, 3.63) is 12.2 Å². The van der Waals surface area contributed by atoms with Crippen LogP contribution in [0.2, 0.25) is 0 Å². The maximum Gasteiger partial charge on any atom is 0.226 e. The zero-order valence-corrected chi connectivity index (χ0v) is 18.5. The van der Waals surface area contributed by atoms with E-state index in [1.165, 1.54) is 69.6 Å². The number of nitrogens with zero attached hydrogens (tertiary/aromatic N) is 1. The molecule has 1 amide bonds. The van der Waals surface area contributed by atoms with Crippen molar-refractivity contribution in [1.82, 2.24) is 10.2 Å². The zero-order chi connectivity index (χ0) is 21.0. The minimum Gasteiger partial charge on any atom is -0.339 e. The number of unbranched alkanes of at least 4 members (excludes halogenated alkanes) is 11. The van der Waals surface area contributed by atoms with Gasteiger partial charge in [-0.25, -0.2) is 0 Å². The van der Waals surface area contributed by atoms with Crippen LogP contribution in [0.4, 0.5) is 0 Å². The molecule has 0 saturated heterocycles. The normalized spacial score (nSPS) is 11.0. The second-order valence-corrected chi connectivity index (χ2v) is 7.79. The molecule has 5 heteroatoms. The largest absolute Gasteiger partial charge is 0.339 e. The van der Waals surface area contributed by atoms with E-state index in [4.69, 9.17) is 5.41 Å². The highest BCUT2D eigenvalue weighted by atomic mass is 16.2. The average molecular weight is 394 g/mol. The molecule has 0 aromatic carbocycles. The van der Waals surface area contributed by atoms with Crippen LogP contribution in [0.25, 0.3) is 0 Å². The number of allylic oxidation sites excluding steroid dienone is 2. The SMILES string of the molecule is CCCCCCCCCCC/C=C\CCCCC(=O)NC(=N)N(C)CC(C)=O. The molecule has 0 rings (SSSR count). The number of amides is 1. The van der Waals surface area contributed by atoms with Gasteiger partial charge < -0.3 is 4.90 Å². The third kappa shape index (κ3) is 17.7. The predicted octanol–water partition coefficient (Wildman–Crippen LogP) is 5.60. The summed E-state index contributed by atoms with van der Waals surface area (Å²) >= 11 is 0. The molecular formula is C23H43N3O2. The lowest BCUT2D eigenvalue weighted by Crippen LogP contribution is -2.43. The Bertz CT molecular complexity index is 461. The molecule has 28 heavy (non-hydrogen) atoms. The molecule has 2 N–H and O–H groups in total. The van der Waals surface area contributed by atoms with Crippen LogP contribution >= 0.6 is 0 Å². The van der Waals surface area contributed by atoms with Crippen molar-refractivity contribution < 1.29 is 9.59 Å². The van der Waals surface area contributed by atoms with E-state index in [0.29, 0.717) is 6.42 Å². The Kier molecular flexibility index (Phi) is 17.6. The molecular weight excluding hydrogens is 350 g/mol. The highest BCUT2D eigenvalue weighted by molar-refractivity contribution is 5.96. The van der Waals surface area contributed by atoms with Gasteiger partial charge in [-0.1, -0.05) is 70.4 Å². The van der Waals surface area contributed by atoms with Crippen molar-refractivity contribution in [2.75, 3.05) is 13.6 Å². The first-order valence-electron chi connectivity index (χ1n) is 11.2. The van der Waals surface area contributed by atoms with Crippen LogP contribution in [0.1, 0.15) is 104 Å². The van der Waals surface area contributed by atoms with Crippen molar-refractivity contribution in [1.29, 1.82) is 5.41 Å². The molecule has 0 spiro atoms. The lowest BCUT2D eigenvalue weighted by atomic mass is 10.1. The van der Waals surface area contributed by atoms with Crippen LogP contribution in [0.3, 0.4) is 0 Å². The molecule has 0 heterocycles. The van der Waals surface area contributed by atoms with Gasteiger partial charge in [0.05, 0.1) is 6.54 Å². The van der Waals surface area contributed by atoms with Gasteiger partial charge in [0.15, 0.2) is 5.96 Å². The summed E-state index contributed by atoms with van der Waals surface area (Å²) in [7, 11) is 1.63.